The fourth-order valence-corrected chi connectivity index (χ4v) is 12.5. The van der Waals surface area contributed by atoms with Gasteiger partial charge in [-0.2, -0.15) is 0 Å². The van der Waals surface area contributed by atoms with Gasteiger partial charge >= 0.3 is 17.9 Å². The second-order valence-corrected chi connectivity index (χ2v) is 30.4. The van der Waals surface area contributed by atoms with Crippen LogP contribution in [0.1, 0.15) is 386 Å². The second-order valence-electron chi connectivity index (χ2n) is 30.4. The standard InChI is InChI=1S/C96H165NO8/c1-6-8-10-12-14-16-18-20-22-24-26-28-30-32-34-36-38-40-42-44-46-47-49-51-53-55-57-59-61-63-65-67-69-71-73-75-77-79-81-83-85-87-94(99)105-92(91-104-96(95(100)101)102-89-88-97(3,4)5)90-103-93(98)86-84-82-80-78-76-74-72-70-68-66-64-62-60-58-56-54-52-50-48-45-43-41-39-37-35-33-31-29-27-25-23-21-19-17-15-13-11-9-7-2/h8-11,14-17,20-23,26-29,32-35,38-41,92,96H,6-7,12-13,18-19,24-25,30-31,36-37,42-91H2,1-5H3/p+1/b10-8-,11-9-,16-14-,17-15-,22-20-,23-21-,28-26-,29-27-,34-32-,35-33-,40-38-,41-39-. The van der Waals surface area contributed by atoms with Gasteiger partial charge in [-0.25, -0.2) is 4.79 Å². The molecule has 0 aromatic carbocycles. The molecule has 0 bridgehead atoms. The first kappa shape index (κ1) is 100. The quantitative estimate of drug-likeness (QED) is 0.0211. The molecule has 0 fully saturated rings. The summed E-state index contributed by atoms with van der Waals surface area (Å²) in [6, 6.07) is 0. The Hall–Kier alpha value is -4.83. The molecule has 1 N–H and O–H groups in total. The van der Waals surface area contributed by atoms with Crippen molar-refractivity contribution in [2.45, 2.75) is 399 Å². The van der Waals surface area contributed by atoms with E-state index in [-0.39, 0.29) is 38.2 Å². The van der Waals surface area contributed by atoms with Crippen LogP contribution in [0.15, 0.2) is 146 Å². The number of hydrogen-bond acceptors (Lipinski definition) is 7. The third-order valence-corrected chi connectivity index (χ3v) is 19.1. The first-order chi connectivity index (χ1) is 51.6. The van der Waals surface area contributed by atoms with Gasteiger partial charge in [-0.15, -0.1) is 0 Å². The zero-order valence-electron chi connectivity index (χ0n) is 69.1. The largest absolute Gasteiger partial charge is 0.477 e. The predicted octanol–water partition coefficient (Wildman–Crippen LogP) is 28.9. The average Bonchev–Trinajstić information content (AvgIpc) is 1.18. The molecule has 9 nitrogen and oxygen atoms in total. The van der Waals surface area contributed by atoms with Gasteiger partial charge in [-0.05, 0) is 116 Å². The Bertz CT molecular complexity index is 2250. The van der Waals surface area contributed by atoms with E-state index in [4.69, 9.17) is 18.9 Å². The molecule has 0 aromatic heterocycles. The van der Waals surface area contributed by atoms with Crippen LogP contribution in [0.4, 0.5) is 0 Å². The van der Waals surface area contributed by atoms with Crippen LogP contribution in [-0.4, -0.2) is 87.4 Å². The topological polar surface area (TPSA) is 108 Å². The molecular formula is C96H166NO8+. The fraction of sp³-hybridized carbons (Fsp3) is 0.719. The Labute approximate surface area is 649 Å². The molecule has 0 aliphatic carbocycles. The number of esters is 2. The molecular weight excluding hydrogens is 1300 g/mol. The summed E-state index contributed by atoms with van der Waals surface area (Å²) in [6.45, 7) is 4.69. The maximum Gasteiger partial charge on any atom is 0.361 e. The van der Waals surface area contributed by atoms with Crippen molar-refractivity contribution < 1.29 is 42.9 Å². The van der Waals surface area contributed by atoms with E-state index in [2.05, 4.69) is 160 Å². The Morgan fingerprint density at radius 1 is 0.286 bits per heavy atom. The molecule has 0 heterocycles. The zero-order valence-corrected chi connectivity index (χ0v) is 69.1. The number of carboxylic acid groups (broad SMARTS) is 1. The Morgan fingerprint density at radius 3 is 0.762 bits per heavy atom. The highest BCUT2D eigenvalue weighted by atomic mass is 16.7. The molecule has 0 saturated carbocycles. The van der Waals surface area contributed by atoms with E-state index in [9.17, 15) is 19.5 Å². The molecule has 9 heteroatoms. The normalized spacial score (nSPS) is 13.3. The first-order valence-corrected chi connectivity index (χ1v) is 44.0. The van der Waals surface area contributed by atoms with Gasteiger partial charge in [0.05, 0.1) is 34.4 Å². The van der Waals surface area contributed by atoms with Gasteiger partial charge in [0, 0.05) is 12.8 Å². The Morgan fingerprint density at radius 2 is 0.514 bits per heavy atom. The van der Waals surface area contributed by atoms with E-state index < -0.39 is 18.4 Å². The molecule has 602 valence electrons. The number of unbranched alkanes of at least 4 members (excludes halogenated alkanes) is 42. The van der Waals surface area contributed by atoms with Crippen molar-refractivity contribution in [1.29, 1.82) is 0 Å². The van der Waals surface area contributed by atoms with E-state index in [1.54, 1.807) is 0 Å². The van der Waals surface area contributed by atoms with Crippen molar-refractivity contribution in [3.63, 3.8) is 0 Å². The summed E-state index contributed by atoms with van der Waals surface area (Å²) in [7, 11) is 5.99. The lowest BCUT2D eigenvalue weighted by atomic mass is 10.0. The summed E-state index contributed by atoms with van der Waals surface area (Å²) in [5.41, 5.74) is 0. The summed E-state index contributed by atoms with van der Waals surface area (Å²) in [5, 5.41) is 9.80. The number of hydrogen-bond donors (Lipinski definition) is 1. The highest BCUT2D eigenvalue weighted by Crippen LogP contribution is 2.20. The van der Waals surface area contributed by atoms with Gasteiger partial charge < -0.3 is 28.5 Å². The summed E-state index contributed by atoms with van der Waals surface area (Å²) >= 11 is 0. The highest BCUT2D eigenvalue weighted by Gasteiger charge is 2.25. The van der Waals surface area contributed by atoms with Crippen molar-refractivity contribution in [2.24, 2.45) is 0 Å². The lowest BCUT2D eigenvalue weighted by Crippen LogP contribution is -2.40. The number of allylic oxidation sites excluding steroid dienone is 24. The Balaban J connectivity index is 3.95. The molecule has 0 spiro atoms. The molecule has 0 rings (SSSR count). The van der Waals surface area contributed by atoms with Crippen LogP contribution in [-0.2, 0) is 33.3 Å². The number of rotatable bonds is 81. The van der Waals surface area contributed by atoms with Gasteiger partial charge in [-0.1, -0.05) is 404 Å². The molecule has 0 aliphatic heterocycles. The number of nitrogens with zero attached hydrogens (tertiary/aromatic N) is 1. The first-order valence-electron chi connectivity index (χ1n) is 44.0. The van der Waals surface area contributed by atoms with E-state index in [1.165, 1.54) is 244 Å². The van der Waals surface area contributed by atoms with Gasteiger partial charge in [0.2, 0.25) is 0 Å². The molecule has 0 saturated heterocycles. The number of likely N-dealkylation sites (N-methyl/N-ethyl adjacent to an activating group) is 1. The van der Waals surface area contributed by atoms with Crippen LogP contribution in [0.25, 0.3) is 0 Å². The number of aliphatic carboxylic acids is 1. The van der Waals surface area contributed by atoms with Crippen LogP contribution in [0.2, 0.25) is 0 Å². The number of carbonyl (C=O) groups is 3. The average molecular weight is 1460 g/mol. The third kappa shape index (κ3) is 86.3. The van der Waals surface area contributed by atoms with Crippen LogP contribution in [0.5, 0.6) is 0 Å². The minimum atomic E-state index is -1.51. The summed E-state index contributed by atoms with van der Waals surface area (Å²) in [6.07, 6.45) is 122. The van der Waals surface area contributed by atoms with Crippen molar-refractivity contribution in [3.05, 3.63) is 146 Å². The summed E-state index contributed by atoms with van der Waals surface area (Å²) < 4.78 is 23.1. The monoisotopic (exact) mass is 1460 g/mol. The predicted molar refractivity (Wildman–Crippen MR) is 456 cm³/mol. The smallest absolute Gasteiger partial charge is 0.361 e. The lowest BCUT2D eigenvalue weighted by Gasteiger charge is -2.25. The minimum absolute atomic E-state index is 0.182. The van der Waals surface area contributed by atoms with Crippen molar-refractivity contribution in [1.82, 2.24) is 0 Å². The second kappa shape index (κ2) is 84.8. The maximum atomic E-state index is 13.0. The van der Waals surface area contributed by atoms with Gasteiger partial charge in [-0.3, -0.25) is 9.59 Å². The summed E-state index contributed by atoms with van der Waals surface area (Å²) in [4.78, 5) is 37.8. The molecule has 2 atom stereocenters. The minimum Gasteiger partial charge on any atom is -0.477 e. The van der Waals surface area contributed by atoms with Crippen molar-refractivity contribution in [3.8, 4) is 0 Å². The number of carbonyl (C=O) groups excluding carboxylic acids is 2. The van der Waals surface area contributed by atoms with E-state index >= 15 is 0 Å². The van der Waals surface area contributed by atoms with Gasteiger partial charge in [0.1, 0.15) is 13.2 Å². The molecule has 2 unspecified atom stereocenters. The van der Waals surface area contributed by atoms with Gasteiger partial charge in [0.25, 0.3) is 6.29 Å². The third-order valence-electron chi connectivity index (χ3n) is 19.1. The van der Waals surface area contributed by atoms with Crippen molar-refractivity contribution >= 4 is 17.9 Å². The SMILES string of the molecule is CC/C=C\C/C=C\C/C=C\C/C=C\C/C=C\C/C=C\CCCCCCCCCCCCCCCCCCCCCCCCC(=O)OC(COC(=O)CCCCCCCCCCCCCCCCCCCCCC/C=C\C/C=C\C/C=C\C/C=C\C/C=C\C/C=C\CC)COC(OCC[N+](C)(C)C)C(=O)O. The van der Waals surface area contributed by atoms with E-state index in [1.807, 2.05) is 21.1 Å². The van der Waals surface area contributed by atoms with E-state index in [0.29, 0.717) is 17.4 Å². The molecule has 0 radical (unpaired) electrons. The van der Waals surface area contributed by atoms with E-state index in [0.717, 1.165) is 116 Å². The fourth-order valence-electron chi connectivity index (χ4n) is 12.5. The van der Waals surface area contributed by atoms with Crippen LogP contribution >= 0.6 is 0 Å². The van der Waals surface area contributed by atoms with Gasteiger partial charge in [0.15, 0.2) is 6.10 Å². The lowest BCUT2D eigenvalue weighted by molar-refractivity contribution is -0.870. The number of carboxylic acids is 1. The molecule has 0 amide bonds. The van der Waals surface area contributed by atoms with Crippen LogP contribution in [0, 0.1) is 0 Å². The van der Waals surface area contributed by atoms with Crippen molar-refractivity contribution in [2.75, 3.05) is 47.5 Å². The van der Waals surface area contributed by atoms with Crippen LogP contribution < -0.4 is 0 Å². The molecule has 105 heavy (non-hydrogen) atoms. The molecule has 0 aliphatic rings. The highest BCUT2D eigenvalue weighted by molar-refractivity contribution is 5.71. The summed E-state index contributed by atoms with van der Waals surface area (Å²) in [5.74, 6) is -1.98. The van der Waals surface area contributed by atoms with Crippen LogP contribution in [0.3, 0.4) is 0 Å². The zero-order chi connectivity index (χ0) is 76.0. The number of quaternary nitrogens is 1. The maximum absolute atomic E-state index is 13.0. The Kier molecular flexibility index (Phi) is 80.9. The molecule has 0 aromatic rings. The number of ether oxygens (including phenoxy) is 4.